The molecule has 2 saturated heterocycles. The van der Waals surface area contributed by atoms with E-state index < -0.39 is 11.6 Å². The first-order valence-corrected chi connectivity index (χ1v) is 9.31. The van der Waals surface area contributed by atoms with E-state index in [4.69, 9.17) is 4.42 Å². The van der Waals surface area contributed by atoms with E-state index in [0.717, 1.165) is 37.9 Å². The van der Waals surface area contributed by atoms with Gasteiger partial charge in [0, 0.05) is 31.6 Å². The molecular formula is C20H23F2N3O2. The average Bonchev–Trinajstić information content (AvgIpc) is 3.24. The van der Waals surface area contributed by atoms with E-state index >= 15 is 0 Å². The van der Waals surface area contributed by atoms with Crippen molar-refractivity contribution in [2.75, 3.05) is 26.2 Å². The van der Waals surface area contributed by atoms with Gasteiger partial charge in [0.1, 0.15) is 0 Å². The van der Waals surface area contributed by atoms with Gasteiger partial charge in [-0.25, -0.2) is 13.8 Å². The van der Waals surface area contributed by atoms with Crippen LogP contribution < -0.4 is 0 Å². The summed E-state index contributed by atoms with van der Waals surface area (Å²) in [5.41, 5.74) is 1.44. The van der Waals surface area contributed by atoms with Crippen molar-refractivity contribution in [2.24, 2.45) is 5.41 Å². The maximum Gasteiger partial charge on any atom is 0.291 e. The molecule has 3 heterocycles. The van der Waals surface area contributed by atoms with Gasteiger partial charge in [-0.1, -0.05) is 6.07 Å². The highest BCUT2D eigenvalue weighted by Gasteiger charge is 2.43. The van der Waals surface area contributed by atoms with Crippen molar-refractivity contribution in [3.05, 3.63) is 53.2 Å². The summed E-state index contributed by atoms with van der Waals surface area (Å²) in [5.74, 6) is -1.40. The zero-order valence-corrected chi connectivity index (χ0v) is 15.4. The number of hydrogen-bond donors (Lipinski definition) is 0. The van der Waals surface area contributed by atoms with Crippen LogP contribution in [0.3, 0.4) is 0 Å². The van der Waals surface area contributed by atoms with Crippen LogP contribution in [0.1, 0.15) is 41.1 Å². The molecule has 0 N–H and O–H groups in total. The fourth-order valence-corrected chi connectivity index (χ4v) is 4.43. The highest BCUT2D eigenvalue weighted by molar-refractivity contribution is 5.92. The van der Waals surface area contributed by atoms with Crippen molar-refractivity contribution < 1.29 is 18.0 Å². The second kappa shape index (κ2) is 7.03. The number of aryl methyl sites for hydroxylation is 1. The summed E-state index contributed by atoms with van der Waals surface area (Å²) >= 11 is 0. The van der Waals surface area contributed by atoms with Crippen LogP contribution in [0.5, 0.6) is 0 Å². The van der Waals surface area contributed by atoms with Gasteiger partial charge in [-0.15, -0.1) is 0 Å². The molecule has 2 fully saturated rings. The fourth-order valence-electron chi connectivity index (χ4n) is 4.43. The van der Waals surface area contributed by atoms with Gasteiger partial charge in [-0.2, -0.15) is 0 Å². The number of oxazole rings is 1. The number of carbonyl (C=O) groups excluding carboxylic acids is 1. The summed E-state index contributed by atoms with van der Waals surface area (Å²) in [7, 11) is 0. The lowest BCUT2D eigenvalue weighted by atomic mass is 9.79. The summed E-state index contributed by atoms with van der Waals surface area (Å²) in [6.07, 6.45) is 4.35. The monoisotopic (exact) mass is 375 g/mol. The first kappa shape index (κ1) is 18.1. The first-order chi connectivity index (χ1) is 13.0. The minimum Gasteiger partial charge on any atom is -0.438 e. The maximum atomic E-state index is 13.5. The standard InChI is InChI=1S/C20H23F2N3O2/c1-14-18(27-13-23-14)19(26)25-8-6-20(12-25)5-2-7-24(11-20)10-15-3-4-16(21)17(22)9-15/h3-4,9,13H,2,5-8,10-12H2,1H3. The van der Waals surface area contributed by atoms with E-state index in [1.54, 1.807) is 13.0 Å². The number of likely N-dealkylation sites (tertiary alicyclic amines) is 2. The molecule has 0 bridgehead atoms. The molecule has 2 aromatic rings. The molecule has 0 aliphatic carbocycles. The Morgan fingerprint density at radius 3 is 2.81 bits per heavy atom. The van der Waals surface area contributed by atoms with E-state index in [9.17, 15) is 13.6 Å². The Morgan fingerprint density at radius 2 is 2.07 bits per heavy atom. The molecule has 7 heteroatoms. The highest BCUT2D eigenvalue weighted by Crippen LogP contribution is 2.40. The summed E-state index contributed by atoms with van der Waals surface area (Å²) < 4.78 is 31.9. The van der Waals surface area contributed by atoms with Crippen LogP contribution in [-0.2, 0) is 6.54 Å². The van der Waals surface area contributed by atoms with Crippen molar-refractivity contribution in [3.8, 4) is 0 Å². The number of carbonyl (C=O) groups is 1. The largest absolute Gasteiger partial charge is 0.438 e. The molecule has 4 rings (SSSR count). The minimum atomic E-state index is -0.818. The Balaban J connectivity index is 1.42. The molecule has 1 unspecified atom stereocenters. The van der Waals surface area contributed by atoms with Crippen LogP contribution >= 0.6 is 0 Å². The van der Waals surface area contributed by atoms with Gasteiger partial charge in [-0.3, -0.25) is 9.69 Å². The molecule has 2 aliphatic heterocycles. The van der Waals surface area contributed by atoms with Crippen molar-refractivity contribution in [1.29, 1.82) is 0 Å². The normalized spacial score (nSPS) is 23.3. The number of benzene rings is 1. The number of hydrogen-bond acceptors (Lipinski definition) is 4. The molecule has 1 aromatic heterocycles. The molecule has 1 spiro atoms. The topological polar surface area (TPSA) is 49.6 Å². The lowest BCUT2D eigenvalue weighted by Crippen LogP contribution is -2.45. The quantitative estimate of drug-likeness (QED) is 0.825. The Bertz CT molecular complexity index is 854. The summed E-state index contributed by atoms with van der Waals surface area (Å²) in [5, 5.41) is 0. The van der Waals surface area contributed by atoms with E-state index in [1.165, 1.54) is 18.5 Å². The zero-order chi connectivity index (χ0) is 19.0. The Kier molecular flexibility index (Phi) is 4.72. The summed E-state index contributed by atoms with van der Waals surface area (Å²) in [4.78, 5) is 20.8. The molecule has 1 atom stereocenters. The van der Waals surface area contributed by atoms with Crippen LogP contribution in [0.15, 0.2) is 29.0 Å². The molecule has 1 aromatic carbocycles. The predicted octanol–water partition coefficient (Wildman–Crippen LogP) is 3.39. The molecule has 0 saturated carbocycles. The molecule has 0 radical (unpaired) electrons. The van der Waals surface area contributed by atoms with Crippen molar-refractivity contribution in [1.82, 2.24) is 14.8 Å². The zero-order valence-electron chi connectivity index (χ0n) is 15.4. The summed E-state index contributed by atoms with van der Waals surface area (Å²) in [6, 6.07) is 4.09. The Labute approximate surface area is 157 Å². The number of piperidine rings is 1. The van der Waals surface area contributed by atoms with E-state index in [1.807, 2.05) is 4.90 Å². The average molecular weight is 375 g/mol. The van der Waals surface area contributed by atoms with Crippen LogP contribution in [0.2, 0.25) is 0 Å². The van der Waals surface area contributed by atoms with Gasteiger partial charge < -0.3 is 9.32 Å². The molecule has 1 amide bonds. The van der Waals surface area contributed by atoms with Crippen molar-refractivity contribution >= 4 is 5.91 Å². The van der Waals surface area contributed by atoms with Gasteiger partial charge in [0.2, 0.25) is 5.76 Å². The number of aromatic nitrogens is 1. The first-order valence-electron chi connectivity index (χ1n) is 9.31. The van der Waals surface area contributed by atoms with Gasteiger partial charge in [0.25, 0.3) is 5.91 Å². The number of amides is 1. The predicted molar refractivity (Wildman–Crippen MR) is 95.1 cm³/mol. The molecule has 27 heavy (non-hydrogen) atoms. The number of nitrogens with zero attached hydrogens (tertiary/aromatic N) is 3. The molecule has 2 aliphatic rings. The second-order valence-electron chi connectivity index (χ2n) is 7.81. The SMILES string of the molecule is Cc1ncoc1C(=O)N1CCC2(CCCN(Cc3ccc(F)c(F)c3)C2)C1. The third-order valence-corrected chi connectivity index (χ3v) is 5.80. The van der Waals surface area contributed by atoms with Gasteiger partial charge >= 0.3 is 0 Å². The maximum absolute atomic E-state index is 13.5. The lowest BCUT2D eigenvalue weighted by Gasteiger charge is -2.40. The minimum absolute atomic E-state index is 0.0560. The Morgan fingerprint density at radius 1 is 1.22 bits per heavy atom. The van der Waals surface area contributed by atoms with Gasteiger partial charge in [0.05, 0.1) is 5.69 Å². The second-order valence-corrected chi connectivity index (χ2v) is 7.81. The van der Waals surface area contributed by atoms with E-state index in [-0.39, 0.29) is 11.3 Å². The van der Waals surface area contributed by atoms with Crippen molar-refractivity contribution in [3.63, 3.8) is 0 Å². The van der Waals surface area contributed by atoms with Crippen LogP contribution in [-0.4, -0.2) is 46.9 Å². The van der Waals surface area contributed by atoms with Crippen LogP contribution in [0, 0.1) is 24.0 Å². The number of rotatable bonds is 3. The Hall–Kier alpha value is -2.28. The molecular weight excluding hydrogens is 352 g/mol. The fraction of sp³-hybridized carbons (Fsp3) is 0.500. The van der Waals surface area contributed by atoms with Crippen molar-refractivity contribution in [2.45, 2.75) is 32.7 Å². The van der Waals surface area contributed by atoms with Crippen LogP contribution in [0.4, 0.5) is 8.78 Å². The van der Waals surface area contributed by atoms with E-state index in [0.29, 0.717) is 31.1 Å². The van der Waals surface area contributed by atoms with Gasteiger partial charge in [-0.05, 0) is 50.4 Å². The lowest BCUT2D eigenvalue weighted by molar-refractivity contribution is 0.0650. The molecule has 144 valence electrons. The highest BCUT2D eigenvalue weighted by atomic mass is 19.2. The third-order valence-electron chi connectivity index (χ3n) is 5.80. The van der Waals surface area contributed by atoms with Crippen LogP contribution in [0.25, 0.3) is 0 Å². The van der Waals surface area contributed by atoms with E-state index in [2.05, 4.69) is 9.88 Å². The van der Waals surface area contributed by atoms with Gasteiger partial charge in [0.15, 0.2) is 18.0 Å². The summed E-state index contributed by atoms with van der Waals surface area (Å²) in [6.45, 7) is 5.54. The smallest absolute Gasteiger partial charge is 0.291 e. The third kappa shape index (κ3) is 3.60. The molecule has 5 nitrogen and oxygen atoms in total. The number of halogens is 2.